The molecule has 3 aromatic rings. The first-order chi connectivity index (χ1) is 17.4. The van der Waals surface area contributed by atoms with Crippen molar-refractivity contribution in [3.63, 3.8) is 0 Å². The van der Waals surface area contributed by atoms with E-state index in [1.807, 2.05) is 0 Å². The van der Waals surface area contributed by atoms with E-state index in [0.29, 0.717) is 24.5 Å². The number of hydrogen-bond acceptors (Lipinski definition) is 3. The van der Waals surface area contributed by atoms with Crippen LogP contribution in [0.5, 0.6) is 11.5 Å². The average Bonchev–Trinajstić information content (AvgIpc) is 3.32. The average molecular weight is 520 g/mol. The molecule has 2 amide bonds. The number of hydrogen-bond donors (Lipinski definition) is 2. The Hall–Kier alpha value is -4.15. The lowest BCUT2D eigenvalue weighted by molar-refractivity contribution is -0.137. The Balaban J connectivity index is 1.67. The number of ether oxygens (including phenoxy) is 1. The number of carboxylic acid groups (broad SMARTS) is 1. The van der Waals surface area contributed by atoms with Crippen molar-refractivity contribution in [2.75, 3.05) is 11.9 Å². The van der Waals surface area contributed by atoms with Gasteiger partial charge in [0.15, 0.2) is 0 Å². The van der Waals surface area contributed by atoms with Crippen LogP contribution in [-0.4, -0.2) is 28.6 Å². The SMILES string of the molecule is Cc1cc(F)ccc1Oc1ccc(C(F)(F)F)cc1C(=O)Nc1ccc(F)c(C2CCCN2C(=O)O)c1. The van der Waals surface area contributed by atoms with Gasteiger partial charge in [0.1, 0.15) is 23.1 Å². The highest BCUT2D eigenvalue weighted by atomic mass is 19.4. The van der Waals surface area contributed by atoms with E-state index in [2.05, 4.69) is 5.32 Å². The number of rotatable bonds is 5. The molecule has 3 aromatic carbocycles. The van der Waals surface area contributed by atoms with Crippen molar-refractivity contribution in [1.82, 2.24) is 4.90 Å². The van der Waals surface area contributed by atoms with E-state index < -0.39 is 47.0 Å². The number of amides is 2. The van der Waals surface area contributed by atoms with E-state index >= 15 is 0 Å². The Bertz CT molecular complexity index is 1360. The lowest BCUT2D eigenvalue weighted by atomic mass is 10.0. The fraction of sp³-hybridized carbons (Fsp3) is 0.231. The number of carbonyl (C=O) groups is 2. The predicted molar refractivity (Wildman–Crippen MR) is 124 cm³/mol. The summed E-state index contributed by atoms with van der Waals surface area (Å²) in [5, 5.41) is 11.8. The maximum atomic E-state index is 14.6. The quantitative estimate of drug-likeness (QED) is 0.350. The van der Waals surface area contributed by atoms with Gasteiger partial charge in [0, 0.05) is 17.8 Å². The van der Waals surface area contributed by atoms with E-state index in [1.54, 1.807) is 0 Å². The summed E-state index contributed by atoms with van der Waals surface area (Å²) in [7, 11) is 0. The summed E-state index contributed by atoms with van der Waals surface area (Å²) in [6.07, 6.45) is -5.05. The van der Waals surface area contributed by atoms with Crippen LogP contribution in [0.15, 0.2) is 54.6 Å². The van der Waals surface area contributed by atoms with Crippen LogP contribution in [-0.2, 0) is 6.18 Å². The molecular weight excluding hydrogens is 499 g/mol. The van der Waals surface area contributed by atoms with E-state index in [4.69, 9.17) is 4.74 Å². The third-order valence-corrected chi connectivity index (χ3v) is 6.02. The third kappa shape index (κ3) is 5.65. The van der Waals surface area contributed by atoms with Crippen LogP contribution in [0, 0.1) is 18.6 Å². The molecule has 1 heterocycles. The molecule has 0 bridgehead atoms. The fourth-order valence-corrected chi connectivity index (χ4v) is 4.21. The molecule has 2 N–H and O–H groups in total. The Morgan fingerprint density at radius 3 is 2.43 bits per heavy atom. The molecule has 37 heavy (non-hydrogen) atoms. The van der Waals surface area contributed by atoms with Gasteiger partial charge in [-0.2, -0.15) is 13.2 Å². The van der Waals surface area contributed by atoms with Gasteiger partial charge < -0.3 is 20.1 Å². The van der Waals surface area contributed by atoms with E-state index in [1.165, 1.54) is 31.2 Å². The maximum Gasteiger partial charge on any atom is 0.416 e. The second-order valence-corrected chi connectivity index (χ2v) is 8.54. The zero-order valence-electron chi connectivity index (χ0n) is 19.4. The largest absolute Gasteiger partial charge is 0.465 e. The molecule has 1 fully saturated rings. The lowest BCUT2D eigenvalue weighted by Crippen LogP contribution is -2.29. The van der Waals surface area contributed by atoms with Gasteiger partial charge in [-0.15, -0.1) is 0 Å². The molecular formula is C26H21F5N2O4. The Labute approximate surface area is 208 Å². The molecule has 11 heteroatoms. The minimum absolute atomic E-state index is 0.0418. The normalized spacial score (nSPS) is 15.5. The summed E-state index contributed by atoms with van der Waals surface area (Å²) in [5.41, 5.74) is -1.10. The topological polar surface area (TPSA) is 78.9 Å². The highest BCUT2D eigenvalue weighted by Gasteiger charge is 2.33. The van der Waals surface area contributed by atoms with Gasteiger partial charge in [0.05, 0.1) is 17.2 Å². The highest BCUT2D eigenvalue weighted by Crippen LogP contribution is 2.37. The fourth-order valence-electron chi connectivity index (χ4n) is 4.21. The van der Waals surface area contributed by atoms with Crippen LogP contribution in [0.4, 0.5) is 32.4 Å². The van der Waals surface area contributed by atoms with Gasteiger partial charge in [-0.3, -0.25) is 4.79 Å². The van der Waals surface area contributed by atoms with E-state index in [9.17, 15) is 36.6 Å². The van der Waals surface area contributed by atoms with Gasteiger partial charge in [-0.1, -0.05) is 0 Å². The summed E-state index contributed by atoms with van der Waals surface area (Å²) in [6, 6.07) is 8.69. The van der Waals surface area contributed by atoms with E-state index in [0.717, 1.165) is 29.2 Å². The number of likely N-dealkylation sites (tertiary alicyclic amines) is 1. The number of nitrogens with zero attached hydrogens (tertiary/aromatic N) is 1. The first-order valence-corrected chi connectivity index (χ1v) is 11.2. The molecule has 0 spiro atoms. The van der Waals surface area contributed by atoms with Crippen LogP contribution < -0.4 is 10.1 Å². The van der Waals surface area contributed by atoms with Crippen molar-refractivity contribution in [2.24, 2.45) is 0 Å². The number of aryl methyl sites for hydroxylation is 1. The summed E-state index contributed by atoms with van der Waals surface area (Å²) >= 11 is 0. The molecule has 0 radical (unpaired) electrons. The van der Waals surface area contributed by atoms with Crippen molar-refractivity contribution in [1.29, 1.82) is 0 Å². The lowest BCUT2D eigenvalue weighted by Gasteiger charge is -2.23. The van der Waals surface area contributed by atoms with Crippen LogP contribution in [0.3, 0.4) is 0 Å². The second-order valence-electron chi connectivity index (χ2n) is 8.54. The van der Waals surface area contributed by atoms with Crippen molar-refractivity contribution >= 4 is 17.7 Å². The van der Waals surface area contributed by atoms with Crippen molar-refractivity contribution in [2.45, 2.75) is 32.0 Å². The molecule has 1 saturated heterocycles. The first kappa shape index (κ1) is 25.9. The van der Waals surface area contributed by atoms with Crippen LogP contribution in [0.1, 0.15) is 45.9 Å². The molecule has 1 aliphatic heterocycles. The van der Waals surface area contributed by atoms with Crippen LogP contribution >= 0.6 is 0 Å². The number of alkyl halides is 3. The molecule has 6 nitrogen and oxygen atoms in total. The summed E-state index contributed by atoms with van der Waals surface area (Å²) in [4.78, 5) is 25.7. The predicted octanol–water partition coefficient (Wildman–Crippen LogP) is 7.15. The van der Waals surface area contributed by atoms with E-state index in [-0.39, 0.29) is 29.3 Å². The highest BCUT2D eigenvalue weighted by molar-refractivity contribution is 6.06. The molecule has 0 saturated carbocycles. The molecule has 4 rings (SSSR count). The number of carbonyl (C=O) groups excluding carboxylic acids is 1. The first-order valence-electron chi connectivity index (χ1n) is 11.2. The van der Waals surface area contributed by atoms with Crippen LogP contribution in [0.2, 0.25) is 0 Å². The van der Waals surface area contributed by atoms with Gasteiger partial charge in [0.25, 0.3) is 5.91 Å². The third-order valence-electron chi connectivity index (χ3n) is 6.02. The second kappa shape index (κ2) is 10.1. The van der Waals surface area contributed by atoms with Gasteiger partial charge in [0.2, 0.25) is 0 Å². The number of nitrogens with one attached hydrogen (secondary N) is 1. The molecule has 1 unspecified atom stereocenters. The number of halogens is 5. The minimum atomic E-state index is -4.74. The smallest absolute Gasteiger partial charge is 0.416 e. The standard InChI is InChI=1S/C26H21F5N2O4/c1-14-11-16(27)5-9-22(14)37-23-8-4-15(26(29,30)31)12-19(23)24(34)32-17-6-7-20(28)18(13-17)21-3-2-10-33(21)25(35)36/h4-9,11-13,21H,2-3,10H2,1H3,(H,32,34)(H,35,36). The molecule has 1 atom stereocenters. The Kier molecular flexibility index (Phi) is 7.06. The van der Waals surface area contributed by atoms with Gasteiger partial charge >= 0.3 is 12.3 Å². The summed E-state index contributed by atoms with van der Waals surface area (Å²) in [6.45, 7) is 1.76. The zero-order valence-corrected chi connectivity index (χ0v) is 19.4. The Morgan fingerprint density at radius 1 is 1.03 bits per heavy atom. The minimum Gasteiger partial charge on any atom is -0.465 e. The van der Waals surface area contributed by atoms with Gasteiger partial charge in [-0.05, 0) is 79.9 Å². The maximum absolute atomic E-state index is 14.6. The monoisotopic (exact) mass is 520 g/mol. The van der Waals surface area contributed by atoms with Gasteiger partial charge in [-0.25, -0.2) is 13.6 Å². The molecule has 0 aliphatic carbocycles. The summed E-state index contributed by atoms with van der Waals surface area (Å²) in [5.74, 6) is -2.26. The molecule has 1 aliphatic rings. The zero-order chi connectivity index (χ0) is 26.9. The van der Waals surface area contributed by atoms with Crippen LogP contribution in [0.25, 0.3) is 0 Å². The number of anilines is 1. The van der Waals surface area contributed by atoms with Crippen molar-refractivity contribution in [3.8, 4) is 11.5 Å². The molecule has 194 valence electrons. The van der Waals surface area contributed by atoms with Crippen molar-refractivity contribution in [3.05, 3.63) is 88.5 Å². The molecule has 0 aromatic heterocycles. The summed E-state index contributed by atoms with van der Waals surface area (Å²) < 4.78 is 73.9. The van der Waals surface area contributed by atoms with Crippen molar-refractivity contribution < 1.29 is 41.4 Å². The Morgan fingerprint density at radius 2 is 1.76 bits per heavy atom. The number of benzene rings is 3.